The molecule has 0 atom stereocenters. The van der Waals surface area contributed by atoms with Crippen LogP contribution >= 0.6 is 0 Å². The summed E-state index contributed by atoms with van der Waals surface area (Å²) in [5.41, 5.74) is 5.33. The zero-order valence-electron chi connectivity index (χ0n) is 10.9. The molecule has 2 aromatic heterocycles. The first-order valence-electron chi connectivity index (χ1n) is 6.18. The number of hydrogen-bond donors (Lipinski definition) is 2. The van der Waals surface area contributed by atoms with Gasteiger partial charge in [0.1, 0.15) is 11.8 Å². The molecule has 5 nitrogen and oxygen atoms in total. The fourth-order valence-electron chi connectivity index (χ4n) is 2.12. The second kappa shape index (κ2) is 4.68. The summed E-state index contributed by atoms with van der Waals surface area (Å²) in [5.74, 6) is 0.756. The topological polar surface area (TPSA) is 66.5 Å². The first kappa shape index (κ1) is 11.6. The molecule has 5 heteroatoms. The molecule has 0 aliphatic heterocycles. The van der Waals surface area contributed by atoms with Crippen molar-refractivity contribution in [2.45, 2.75) is 20.4 Å². The van der Waals surface area contributed by atoms with E-state index in [9.17, 15) is 0 Å². The van der Waals surface area contributed by atoms with E-state index in [1.54, 1.807) is 6.33 Å². The highest BCUT2D eigenvalue weighted by Crippen LogP contribution is 2.17. The van der Waals surface area contributed by atoms with Crippen molar-refractivity contribution in [1.29, 1.82) is 0 Å². The second-order valence-electron chi connectivity index (χ2n) is 4.61. The molecule has 0 saturated heterocycles. The summed E-state index contributed by atoms with van der Waals surface area (Å²) in [5, 5.41) is 3.32. The molecule has 0 saturated carbocycles. The van der Waals surface area contributed by atoms with Crippen LogP contribution in [0.25, 0.3) is 11.2 Å². The molecule has 0 amide bonds. The van der Waals surface area contributed by atoms with Gasteiger partial charge in [-0.05, 0) is 25.0 Å². The molecule has 0 spiro atoms. The minimum atomic E-state index is 0.727. The standard InChI is InChI=1S/C14H15N5/c1-9-3-4-11(10(2)5-9)6-15-13-12-14(17-7-16-12)19-8-18-13/h3-5,7-8H,6H2,1-2H3,(H2,15,16,17,18,19). The van der Waals surface area contributed by atoms with Gasteiger partial charge in [-0.25, -0.2) is 15.0 Å². The lowest BCUT2D eigenvalue weighted by Gasteiger charge is -2.09. The van der Waals surface area contributed by atoms with E-state index >= 15 is 0 Å². The van der Waals surface area contributed by atoms with Crippen molar-refractivity contribution in [2.24, 2.45) is 0 Å². The summed E-state index contributed by atoms with van der Waals surface area (Å²) in [7, 11) is 0. The first-order chi connectivity index (χ1) is 9.24. The van der Waals surface area contributed by atoms with Crippen LogP contribution in [0.2, 0.25) is 0 Å². The number of imidazole rings is 1. The minimum absolute atomic E-state index is 0.727. The molecule has 2 N–H and O–H groups in total. The average molecular weight is 253 g/mol. The van der Waals surface area contributed by atoms with Gasteiger partial charge >= 0.3 is 0 Å². The molecule has 0 fully saturated rings. The van der Waals surface area contributed by atoms with Crippen molar-refractivity contribution in [3.8, 4) is 0 Å². The van der Waals surface area contributed by atoms with Crippen LogP contribution < -0.4 is 5.32 Å². The van der Waals surface area contributed by atoms with Crippen LogP contribution in [0.1, 0.15) is 16.7 Å². The summed E-state index contributed by atoms with van der Waals surface area (Å²) < 4.78 is 0. The number of fused-ring (bicyclic) bond motifs is 1. The summed E-state index contributed by atoms with van der Waals surface area (Å²) in [6, 6.07) is 6.44. The number of anilines is 1. The lowest BCUT2D eigenvalue weighted by Crippen LogP contribution is -2.04. The van der Waals surface area contributed by atoms with Crippen LogP contribution in [0.15, 0.2) is 30.9 Å². The number of benzene rings is 1. The van der Waals surface area contributed by atoms with Gasteiger partial charge in [0.05, 0.1) is 6.33 Å². The van der Waals surface area contributed by atoms with Crippen molar-refractivity contribution in [3.05, 3.63) is 47.5 Å². The van der Waals surface area contributed by atoms with Crippen molar-refractivity contribution in [1.82, 2.24) is 19.9 Å². The van der Waals surface area contributed by atoms with Gasteiger partial charge in [-0.2, -0.15) is 0 Å². The minimum Gasteiger partial charge on any atom is -0.364 e. The van der Waals surface area contributed by atoms with Crippen molar-refractivity contribution in [3.63, 3.8) is 0 Å². The number of hydrogen-bond acceptors (Lipinski definition) is 4. The third kappa shape index (κ3) is 2.27. The second-order valence-corrected chi connectivity index (χ2v) is 4.61. The van der Waals surface area contributed by atoms with E-state index in [1.165, 1.54) is 23.0 Å². The summed E-state index contributed by atoms with van der Waals surface area (Å²) in [6.45, 7) is 4.95. The highest BCUT2D eigenvalue weighted by atomic mass is 15.1. The van der Waals surface area contributed by atoms with E-state index in [0.29, 0.717) is 0 Å². The third-order valence-electron chi connectivity index (χ3n) is 3.16. The van der Waals surface area contributed by atoms with Gasteiger partial charge in [-0.1, -0.05) is 23.8 Å². The van der Waals surface area contributed by atoms with Gasteiger partial charge in [-0.15, -0.1) is 0 Å². The Morgan fingerprint density at radius 2 is 2.05 bits per heavy atom. The highest BCUT2D eigenvalue weighted by molar-refractivity contribution is 5.81. The van der Waals surface area contributed by atoms with Gasteiger partial charge in [-0.3, -0.25) is 0 Å². The summed E-state index contributed by atoms with van der Waals surface area (Å²) >= 11 is 0. The molecule has 0 aliphatic rings. The van der Waals surface area contributed by atoms with Crippen LogP contribution in [-0.4, -0.2) is 19.9 Å². The Hall–Kier alpha value is -2.43. The van der Waals surface area contributed by atoms with Crippen molar-refractivity contribution in [2.75, 3.05) is 5.32 Å². The van der Waals surface area contributed by atoms with E-state index < -0.39 is 0 Å². The van der Waals surface area contributed by atoms with E-state index in [0.717, 1.165) is 23.5 Å². The number of nitrogens with zero attached hydrogens (tertiary/aromatic N) is 3. The van der Waals surface area contributed by atoms with E-state index in [1.807, 2.05) is 0 Å². The Morgan fingerprint density at radius 1 is 1.16 bits per heavy atom. The molecule has 0 aliphatic carbocycles. The Labute approximate surface area is 111 Å². The normalized spacial score (nSPS) is 10.8. The first-order valence-corrected chi connectivity index (χ1v) is 6.18. The van der Waals surface area contributed by atoms with Gasteiger partial charge in [0.25, 0.3) is 0 Å². The Morgan fingerprint density at radius 3 is 2.89 bits per heavy atom. The van der Waals surface area contributed by atoms with Crippen LogP contribution in [-0.2, 0) is 6.54 Å². The van der Waals surface area contributed by atoms with Crippen LogP contribution in [0.5, 0.6) is 0 Å². The molecular formula is C14H15N5. The largest absolute Gasteiger partial charge is 0.364 e. The zero-order valence-corrected chi connectivity index (χ0v) is 10.9. The molecule has 3 aromatic rings. The number of rotatable bonds is 3. The van der Waals surface area contributed by atoms with Crippen LogP contribution in [0.4, 0.5) is 5.82 Å². The molecule has 96 valence electrons. The molecule has 0 bridgehead atoms. The van der Waals surface area contributed by atoms with E-state index in [4.69, 9.17) is 0 Å². The Bertz CT molecular complexity index is 717. The highest BCUT2D eigenvalue weighted by Gasteiger charge is 2.06. The van der Waals surface area contributed by atoms with E-state index in [-0.39, 0.29) is 0 Å². The van der Waals surface area contributed by atoms with Crippen LogP contribution in [0.3, 0.4) is 0 Å². The van der Waals surface area contributed by atoms with Gasteiger partial charge < -0.3 is 10.3 Å². The van der Waals surface area contributed by atoms with E-state index in [2.05, 4.69) is 57.3 Å². The SMILES string of the molecule is Cc1ccc(CNc2ncnc3[nH]cnc23)c(C)c1. The monoisotopic (exact) mass is 253 g/mol. The lowest BCUT2D eigenvalue weighted by atomic mass is 10.1. The molecule has 3 rings (SSSR count). The molecule has 1 aromatic carbocycles. The maximum Gasteiger partial charge on any atom is 0.162 e. The predicted molar refractivity (Wildman–Crippen MR) is 74.9 cm³/mol. The smallest absolute Gasteiger partial charge is 0.162 e. The predicted octanol–water partition coefficient (Wildman–Crippen LogP) is 2.58. The summed E-state index contributed by atoms with van der Waals surface area (Å²) in [4.78, 5) is 15.6. The number of aromatic nitrogens is 4. The maximum atomic E-state index is 4.24. The van der Waals surface area contributed by atoms with Crippen LogP contribution in [0, 0.1) is 13.8 Å². The molecule has 2 heterocycles. The maximum absolute atomic E-state index is 4.24. The molecule has 0 unspecified atom stereocenters. The van der Waals surface area contributed by atoms with Crippen molar-refractivity contribution < 1.29 is 0 Å². The van der Waals surface area contributed by atoms with Gasteiger partial charge in [0.15, 0.2) is 11.5 Å². The lowest BCUT2D eigenvalue weighted by molar-refractivity contribution is 1.08. The fraction of sp³-hybridized carbons (Fsp3) is 0.214. The fourth-order valence-corrected chi connectivity index (χ4v) is 2.12. The Balaban J connectivity index is 1.84. The quantitative estimate of drug-likeness (QED) is 0.753. The number of nitrogens with one attached hydrogen (secondary N) is 2. The third-order valence-corrected chi connectivity index (χ3v) is 3.16. The molecule has 19 heavy (non-hydrogen) atoms. The van der Waals surface area contributed by atoms with Gasteiger partial charge in [0.2, 0.25) is 0 Å². The molecular weight excluding hydrogens is 238 g/mol. The molecule has 0 radical (unpaired) electrons. The Kier molecular flexibility index (Phi) is 2.87. The number of aromatic amines is 1. The van der Waals surface area contributed by atoms with Crippen molar-refractivity contribution >= 4 is 17.0 Å². The van der Waals surface area contributed by atoms with Gasteiger partial charge in [0, 0.05) is 6.54 Å². The zero-order chi connectivity index (χ0) is 13.2. The average Bonchev–Trinajstić information content (AvgIpc) is 2.86. The summed E-state index contributed by atoms with van der Waals surface area (Å²) in [6.07, 6.45) is 3.16. The number of aryl methyl sites for hydroxylation is 2. The number of H-pyrrole nitrogens is 1.